The van der Waals surface area contributed by atoms with Gasteiger partial charge in [0.25, 0.3) is 0 Å². The molecule has 96 valence electrons. The number of thiophene rings is 1. The van der Waals surface area contributed by atoms with Gasteiger partial charge in [-0.2, -0.15) is 0 Å². The van der Waals surface area contributed by atoms with Crippen LogP contribution in [0.3, 0.4) is 0 Å². The zero-order valence-corrected chi connectivity index (χ0v) is 11.4. The fourth-order valence-electron chi connectivity index (χ4n) is 2.07. The number of nitrogens with one attached hydrogen (secondary N) is 1. The number of hydrogen-bond donors (Lipinski definition) is 2. The Hall–Kier alpha value is -1.16. The molecule has 0 aliphatic heterocycles. The molecule has 1 unspecified atom stereocenters. The van der Waals surface area contributed by atoms with Gasteiger partial charge >= 0.3 is 0 Å². The molecule has 0 fully saturated rings. The van der Waals surface area contributed by atoms with Crippen molar-refractivity contribution in [3.63, 3.8) is 0 Å². The number of rotatable bonds is 6. The van der Waals surface area contributed by atoms with Crippen molar-refractivity contribution in [2.24, 2.45) is 0 Å². The van der Waals surface area contributed by atoms with Crippen LogP contribution in [0.1, 0.15) is 35.9 Å². The van der Waals surface area contributed by atoms with E-state index in [0.29, 0.717) is 6.04 Å². The lowest BCUT2D eigenvalue weighted by Crippen LogP contribution is -2.28. The Bertz CT molecular complexity index is 441. The fourth-order valence-corrected chi connectivity index (χ4v) is 2.94. The topological polar surface area (TPSA) is 32.3 Å². The largest absolute Gasteiger partial charge is 0.394 e. The number of hydrogen-bond acceptors (Lipinski definition) is 3. The second-order valence-electron chi connectivity index (χ2n) is 4.29. The average Bonchev–Trinajstić information content (AvgIpc) is 2.95. The fraction of sp³-hybridized carbons (Fsp3) is 0.333. The van der Waals surface area contributed by atoms with Gasteiger partial charge in [-0.3, -0.25) is 0 Å². The normalized spacial score (nSPS) is 14.3. The van der Waals surface area contributed by atoms with Crippen LogP contribution in [0.25, 0.3) is 0 Å². The summed E-state index contributed by atoms with van der Waals surface area (Å²) in [5, 5.41) is 15.2. The Morgan fingerprint density at radius 3 is 2.44 bits per heavy atom. The maximum atomic E-state index is 9.56. The van der Waals surface area contributed by atoms with Crippen molar-refractivity contribution in [1.82, 2.24) is 5.32 Å². The first kappa shape index (κ1) is 13.3. The van der Waals surface area contributed by atoms with E-state index in [0.717, 1.165) is 12.0 Å². The highest BCUT2D eigenvalue weighted by Crippen LogP contribution is 2.25. The minimum Gasteiger partial charge on any atom is -0.394 e. The molecule has 1 aromatic heterocycles. The van der Waals surface area contributed by atoms with Gasteiger partial charge in [0.05, 0.1) is 12.6 Å². The maximum Gasteiger partial charge on any atom is 0.0626 e. The summed E-state index contributed by atoms with van der Waals surface area (Å²) in [7, 11) is 0. The highest BCUT2D eigenvalue weighted by molar-refractivity contribution is 7.10. The van der Waals surface area contributed by atoms with Crippen LogP contribution in [0.4, 0.5) is 0 Å². The second-order valence-corrected chi connectivity index (χ2v) is 5.27. The molecule has 18 heavy (non-hydrogen) atoms. The molecule has 1 heterocycles. The lowest BCUT2D eigenvalue weighted by atomic mass is 10.1. The summed E-state index contributed by atoms with van der Waals surface area (Å²) in [5.41, 5.74) is 1.13. The Morgan fingerprint density at radius 1 is 1.11 bits per heavy atom. The van der Waals surface area contributed by atoms with Crippen LogP contribution in [-0.2, 0) is 0 Å². The molecule has 0 bridgehead atoms. The zero-order valence-electron chi connectivity index (χ0n) is 10.5. The van der Waals surface area contributed by atoms with E-state index in [2.05, 4.69) is 41.9 Å². The highest BCUT2D eigenvalue weighted by Gasteiger charge is 2.16. The molecule has 3 heteroatoms. The van der Waals surface area contributed by atoms with E-state index >= 15 is 0 Å². The van der Waals surface area contributed by atoms with Crippen LogP contribution in [0, 0.1) is 0 Å². The van der Waals surface area contributed by atoms with E-state index in [4.69, 9.17) is 0 Å². The van der Waals surface area contributed by atoms with Gasteiger partial charge in [-0.25, -0.2) is 0 Å². The summed E-state index contributed by atoms with van der Waals surface area (Å²) < 4.78 is 0. The maximum absolute atomic E-state index is 9.56. The van der Waals surface area contributed by atoms with Gasteiger partial charge in [-0.15, -0.1) is 11.3 Å². The summed E-state index contributed by atoms with van der Waals surface area (Å²) in [6.45, 7) is 2.28. The van der Waals surface area contributed by atoms with E-state index in [1.807, 2.05) is 18.2 Å². The second kappa shape index (κ2) is 6.69. The van der Waals surface area contributed by atoms with Crippen LogP contribution in [0.2, 0.25) is 0 Å². The van der Waals surface area contributed by atoms with Gasteiger partial charge in [0.2, 0.25) is 0 Å². The minimum absolute atomic E-state index is 0.00162. The number of benzene rings is 1. The van der Waals surface area contributed by atoms with Crippen molar-refractivity contribution in [1.29, 1.82) is 0 Å². The van der Waals surface area contributed by atoms with E-state index in [9.17, 15) is 5.11 Å². The van der Waals surface area contributed by atoms with Crippen molar-refractivity contribution >= 4 is 11.3 Å². The first-order valence-electron chi connectivity index (χ1n) is 6.30. The molecular formula is C15H19NOS. The van der Waals surface area contributed by atoms with E-state index < -0.39 is 0 Å². The molecule has 0 spiro atoms. The third kappa shape index (κ3) is 3.19. The predicted molar refractivity (Wildman–Crippen MR) is 76.8 cm³/mol. The molecular weight excluding hydrogens is 242 g/mol. The molecule has 2 rings (SSSR count). The quantitative estimate of drug-likeness (QED) is 0.834. The summed E-state index contributed by atoms with van der Waals surface area (Å²) in [4.78, 5) is 1.33. The highest BCUT2D eigenvalue weighted by atomic mass is 32.1. The van der Waals surface area contributed by atoms with Crippen LogP contribution < -0.4 is 5.32 Å². The smallest absolute Gasteiger partial charge is 0.0626 e. The lowest BCUT2D eigenvalue weighted by molar-refractivity contribution is 0.232. The van der Waals surface area contributed by atoms with Gasteiger partial charge in [-0.05, 0) is 23.4 Å². The van der Waals surface area contributed by atoms with E-state index in [1.165, 1.54) is 4.88 Å². The molecule has 2 atom stereocenters. The zero-order chi connectivity index (χ0) is 12.8. The van der Waals surface area contributed by atoms with Gasteiger partial charge < -0.3 is 10.4 Å². The minimum atomic E-state index is -0.00162. The third-order valence-electron chi connectivity index (χ3n) is 3.08. The van der Waals surface area contributed by atoms with Crippen molar-refractivity contribution in [3.05, 3.63) is 58.3 Å². The van der Waals surface area contributed by atoms with Crippen LogP contribution in [0.5, 0.6) is 0 Å². The summed E-state index contributed by atoms with van der Waals surface area (Å²) in [6, 6.07) is 14.6. The standard InChI is InChI=1S/C15H19NOS/c1-2-13(15-9-6-10-18-15)16-14(11-17)12-7-4-3-5-8-12/h3-10,13-14,16-17H,2,11H2,1H3/t13?,14-/m0/s1. The Morgan fingerprint density at radius 2 is 1.89 bits per heavy atom. The third-order valence-corrected chi connectivity index (χ3v) is 4.07. The van der Waals surface area contributed by atoms with Crippen molar-refractivity contribution < 1.29 is 5.11 Å². The van der Waals surface area contributed by atoms with E-state index in [-0.39, 0.29) is 12.6 Å². The summed E-state index contributed by atoms with van der Waals surface area (Å²) in [6.07, 6.45) is 1.02. The predicted octanol–water partition coefficient (Wildman–Crippen LogP) is 3.52. The molecule has 0 amide bonds. The first-order valence-corrected chi connectivity index (χ1v) is 7.18. The summed E-state index contributed by atoms with van der Waals surface area (Å²) >= 11 is 1.76. The molecule has 0 aliphatic carbocycles. The van der Waals surface area contributed by atoms with Crippen molar-refractivity contribution in [3.8, 4) is 0 Å². The molecule has 2 aromatic rings. The Labute approximate surface area is 112 Å². The van der Waals surface area contributed by atoms with Gasteiger partial charge in [-0.1, -0.05) is 43.3 Å². The molecule has 0 radical (unpaired) electrons. The molecule has 2 nitrogen and oxygen atoms in total. The molecule has 0 saturated carbocycles. The van der Waals surface area contributed by atoms with Gasteiger partial charge in [0.15, 0.2) is 0 Å². The molecule has 0 saturated heterocycles. The number of aliphatic hydroxyl groups is 1. The molecule has 1 aromatic carbocycles. The average molecular weight is 261 g/mol. The Kier molecular flexibility index (Phi) is 4.93. The molecule has 2 N–H and O–H groups in total. The SMILES string of the molecule is CCC(N[C@@H](CO)c1ccccc1)c1cccs1. The van der Waals surface area contributed by atoms with Crippen LogP contribution in [-0.4, -0.2) is 11.7 Å². The van der Waals surface area contributed by atoms with E-state index in [1.54, 1.807) is 11.3 Å². The Balaban J connectivity index is 2.10. The van der Waals surface area contributed by atoms with Crippen LogP contribution >= 0.6 is 11.3 Å². The van der Waals surface area contributed by atoms with Gasteiger partial charge in [0, 0.05) is 10.9 Å². The first-order chi connectivity index (χ1) is 8.85. The number of aliphatic hydroxyl groups excluding tert-OH is 1. The van der Waals surface area contributed by atoms with Crippen molar-refractivity contribution in [2.75, 3.05) is 6.61 Å². The van der Waals surface area contributed by atoms with Gasteiger partial charge in [0.1, 0.15) is 0 Å². The summed E-state index contributed by atoms with van der Waals surface area (Å²) in [5.74, 6) is 0. The van der Waals surface area contributed by atoms with Crippen molar-refractivity contribution in [2.45, 2.75) is 25.4 Å². The monoisotopic (exact) mass is 261 g/mol. The molecule has 0 aliphatic rings. The lowest BCUT2D eigenvalue weighted by Gasteiger charge is -2.23. The van der Waals surface area contributed by atoms with Crippen LogP contribution in [0.15, 0.2) is 47.8 Å².